The van der Waals surface area contributed by atoms with E-state index in [9.17, 15) is 0 Å². The smallest absolute Gasteiger partial charge is 0.158 e. The van der Waals surface area contributed by atoms with Gasteiger partial charge in [0.1, 0.15) is 0 Å². The van der Waals surface area contributed by atoms with E-state index in [4.69, 9.17) is 0 Å². The lowest BCUT2D eigenvalue weighted by Gasteiger charge is -2.25. The van der Waals surface area contributed by atoms with Crippen LogP contribution in [0, 0.1) is 6.92 Å². The van der Waals surface area contributed by atoms with Crippen LogP contribution in [0.1, 0.15) is 25.8 Å². The Morgan fingerprint density at radius 2 is 2.00 bits per heavy atom. The van der Waals surface area contributed by atoms with Gasteiger partial charge < -0.3 is 5.01 Å². The van der Waals surface area contributed by atoms with Crippen molar-refractivity contribution in [1.82, 2.24) is 9.66 Å². The Labute approximate surface area is 109 Å². The summed E-state index contributed by atoms with van der Waals surface area (Å²) in [6.07, 6.45) is 5.06. The van der Waals surface area contributed by atoms with Gasteiger partial charge in [-0.05, 0) is 25.8 Å². The van der Waals surface area contributed by atoms with Crippen LogP contribution in [0.15, 0.2) is 36.7 Å². The standard InChI is InChI=1S/C15H21N3/c1-4-11-17(5-2)18-12-10-16-15(18)14-9-7-6-8-13(14)3/h6-10,12H,4-5,11H2,1-3H3. The second kappa shape index (κ2) is 5.71. The Bertz CT molecular complexity index is 502. The minimum absolute atomic E-state index is 0.989. The van der Waals surface area contributed by atoms with Crippen molar-refractivity contribution in [1.29, 1.82) is 0 Å². The second-order valence-electron chi connectivity index (χ2n) is 4.46. The van der Waals surface area contributed by atoms with Crippen LogP contribution in [0.25, 0.3) is 11.4 Å². The third-order valence-electron chi connectivity index (χ3n) is 3.16. The van der Waals surface area contributed by atoms with Crippen LogP contribution in [0.5, 0.6) is 0 Å². The Balaban J connectivity index is 2.41. The molecule has 0 amide bonds. The van der Waals surface area contributed by atoms with Gasteiger partial charge in [-0.1, -0.05) is 31.2 Å². The molecule has 0 bridgehead atoms. The molecule has 0 aliphatic heterocycles. The Kier molecular flexibility index (Phi) is 4.03. The van der Waals surface area contributed by atoms with Crippen LogP contribution in [0.3, 0.4) is 0 Å². The number of hydrogen-bond acceptors (Lipinski definition) is 2. The van der Waals surface area contributed by atoms with E-state index in [1.54, 1.807) is 0 Å². The largest absolute Gasteiger partial charge is 0.312 e. The minimum atomic E-state index is 0.989. The molecule has 96 valence electrons. The highest BCUT2D eigenvalue weighted by atomic mass is 15.6. The van der Waals surface area contributed by atoms with Crippen molar-refractivity contribution in [3.63, 3.8) is 0 Å². The fourth-order valence-corrected chi connectivity index (χ4v) is 2.22. The van der Waals surface area contributed by atoms with Gasteiger partial charge in [-0.25, -0.2) is 9.66 Å². The quantitative estimate of drug-likeness (QED) is 0.804. The lowest BCUT2D eigenvalue weighted by atomic mass is 10.1. The van der Waals surface area contributed by atoms with Crippen LogP contribution in [-0.2, 0) is 0 Å². The van der Waals surface area contributed by atoms with E-state index < -0.39 is 0 Å². The van der Waals surface area contributed by atoms with Crippen molar-refractivity contribution in [2.45, 2.75) is 27.2 Å². The highest BCUT2D eigenvalue weighted by molar-refractivity contribution is 5.60. The molecule has 0 unspecified atom stereocenters. The molecule has 0 atom stereocenters. The molecule has 2 aromatic rings. The normalized spacial score (nSPS) is 10.6. The third kappa shape index (κ3) is 2.40. The molecule has 0 aliphatic rings. The van der Waals surface area contributed by atoms with E-state index in [0.717, 1.165) is 25.3 Å². The average Bonchev–Trinajstić information content (AvgIpc) is 2.85. The maximum absolute atomic E-state index is 4.52. The lowest BCUT2D eigenvalue weighted by molar-refractivity contribution is 0.597. The topological polar surface area (TPSA) is 21.1 Å². The summed E-state index contributed by atoms with van der Waals surface area (Å²) in [5, 5.41) is 2.31. The molecule has 0 aliphatic carbocycles. The SMILES string of the molecule is CCCN(CC)n1ccnc1-c1ccccc1C. The number of imidazole rings is 1. The van der Waals surface area contributed by atoms with Crippen LogP contribution < -0.4 is 5.01 Å². The molecule has 18 heavy (non-hydrogen) atoms. The van der Waals surface area contributed by atoms with Gasteiger partial charge in [-0.15, -0.1) is 0 Å². The number of aryl methyl sites for hydroxylation is 1. The zero-order valence-electron chi connectivity index (χ0n) is 11.4. The van der Waals surface area contributed by atoms with Gasteiger partial charge in [0, 0.05) is 31.0 Å². The van der Waals surface area contributed by atoms with E-state index in [1.165, 1.54) is 11.1 Å². The zero-order valence-corrected chi connectivity index (χ0v) is 11.4. The molecule has 0 saturated carbocycles. The summed E-state index contributed by atoms with van der Waals surface area (Å²) in [5.74, 6) is 1.03. The number of nitrogens with zero attached hydrogens (tertiary/aromatic N) is 3. The fourth-order valence-electron chi connectivity index (χ4n) is 2.22. The predicted octanol–water partition coefficient (Wildman–Crippen LogP) is 3.23. The van der Waals surface area contributed by atoms with E-state index in [1.807, 2.05) is 12.4 Å². The fraction of sp³-hybridized carbons (Fsp3) is 0.400. The molecular formula is C15H21N3. The van der Waals surface area contributed by atoms with E-state index in [-0.39, 0.29) is 0 Å². The molecule has 1 aromatic carbocycles. The summed E-state index contributed by atoms with van der Waals surface area (Å²) >= 11 is 0. The first kappa shape index (κ1) is 12.7. The van der Waals surface area contributed by atoms with Gasteiger partial charge in [0.25, 0.3) is 0 Å². The van der Waals surface area contributed by atoms with Crippen LogP contribution >= 0.6 is 0 Å². The third-order valence-corrected chi connectivity index (χ3v) is 3.16. The summed E-state index contributed by atoms with van der Waals surface area (Å²) in [6.45, 7) is 8.55. The summed E-state index contributed by atoms with van der Waals surface area (Å²) in [4.78, 5) is 4.52. The molecule has 0 spiro atoms. The minimum Gasteiger partial charge on any atom is -0.312 e. The molecule has 3 heteroatoms. The monoisotopic (exact) mass is 243 g/mol. The van der Waals surface area contributed by atoms with Crippen molar-refractivity contribution in [3.8, 4) is 11.4 Å². The highest BCUT2D eigenvalue weighted by Crippen LogP contribution is 2.21. The van der Waals surface area contributed by atoms with Gasteiger partial charge >= 0.3 is 0 Å². The summed E-state index contributed by atoms with van der Waals surface area (Å²) in [5.41, 5.74) is 2.47. The number of rotatable bonds is 5. The second-order valence-corrected chi connectivity index (χ2v) is 4.46. The van der Waals surface area contributed by atoms with Gasteiger partial charge in [-0.2, -0.15) is 0 Å². The van der Waals surface area contributed by atoms with Gasteiger partial charge in [0.15, 0.2) is 5.82 Å². The van der Waals surface area contributed by atoms with E-state index in [2.05, 4.69) is 59.7 Å². The predicted molar refractivity (Wildman–Crippen MR) is 76.3 cm³/mol. The van der Waals surface area contributed by atoms with Crippen molar-refractivity contribution < 1.29 is 0 Å². The Hall–Kier alpha value is -1.77. The molecular weight excluding hydrogens is 222 g/mol. The Morgan fingerprint density at radius 3 is 2.67 bits per heavy atom. The summed E-state index contributed by atoms with van der Waals surface area (Å²) < 4.78 is 2.17. The van der Waals surface area contributed by atoms with Crippen molar-refractivity contribution >= 4 is 0 Å². The van der Waals surface area contributed by atoms with Crippen molar-refractivity contribution in [2.75, 3.05) is 18.1 Å². The molecule has 1 heterocycles. The maximum Gasteiger partial charge on any atom is 0.158 e. The molecule has 0 N–H and O–H groups in total. The number of benzene rings is 1. The molecule has 1 aromatic heterocycles. The number of hydrogen-bond donors (Lipinski definition) is 0. The molecule has 0 saturated heterocycles. The first-order valence-electron chi connectivity index (χ1n) is 6.62. The maximum atomic E-state index is 4.52. The van der Waals surface area contributed by atoms with Crippen LogP contribution in [-0.4, -0.2) is 22.7 Å². The van der Waals surface area contributed by atoms with E-state index >= 15 is 0 Å². The highest BCUT2D eigenvalue weighted by Gasteiger charge is 2.11. The van der Waals surface area contributed by atoms with Gasteiger partial charge in [-0.3, -0.25) is 0 Å². The van der Waals surface area contributed by atoms with Crippen molar-refractivity contribution in [2.24, 2.45) is 0 Å². The average molecular weight is 243 g/mol. The molecule has 2 rings (SSSR count). The Morgan fingerprint density at radius 1 is 1.22 bits per heavy atom. The summed E-state index contributed by atoms with van der Waals surface area (Å²) in [7, 11) is 0. The molecule has 3 nitrogen and oxygen atoms in total. The van der Waals surface area contributed by atoms with Gasteiger partial charge in [0.2, 0.25) is 0 Å². The van der Waals surface area contributed by atoms with Crippen LogP contribution in [0.2, 0.25) is 0 Å². The lowest BCUT2D eigenvalue weighted by Crippen LogP contribution is -2.35. The zero-order chi connectivity index (χ0) is 13.0. The summed E-state index contributed by atoms with van der Waals surface area (Å²) in [6, 6.07) is 8.39. The molecule has 0 radical (unpaired) electrons. The van der Waals surface area contributed by atoms with Crippen molar-refractivity contribution in [3.05, 3.63) is 42.2 Å². The number of aromatic nitrogens is 2. The first-order valence-corrected chi connectivity index (χ1v) is 6.62. The van der Waals surface area contributed by atoms with E-state index in [0.29, 0.717) is 0 Å². The van der Waals surface area contributed by atoms with Crippen LogP contribution in [0.4, 0.5) is 0 Å². The first-order chi connectivity index (χ1) is 8.77. The molecule has 0 fully saturated rings. The van der Waals surface area contributed by atoms with Gasteiger partial charge in [0.05, 0.1) is 0 Å².